The van der Waals surface area contributed by atoms with E-state index in [-0.39, 0.29) is 0 Å². The van der Waals surface area contributed by atoms with Gasteiger partial charge in [-0.15, -0.1) is 11.8 Å². The van der Waals surface area contributed by atoms with Gasteiger partial charge in [0.25, 0.3) is 0 Å². The van der Waals surface area contributed by atoms with E-state index in [0.29, 0.717) is 13.2 Å². The van der Waals surface area contributed by atoms with Gasteiger partial charge in [-0.2, -0.15) is 0 Å². The van der Waals surface area contributed by atoms with E-state index in [1.807, 2.05) is 11.8 Å². The summed E-state index contributed by atoms with van der Waals surface area (Å²) in [6, 6.07) is 136. The van der Waals surface area contributed by atoms with Crippen molar-refractivity contribution in [3.63, 3.8) is 0 Å². The number of thioether (sulfide) groups is 1. The number of aryl methyl sites for hydroxylation is 4. The second-order valence-electron chi connectivity index (χ2n) is 31.4. The molecule has 15 rings (SSSR count). The molecule has 0 saturated carbocycles. The van der Waals surface area contributed by atoms with Crippen molar-refractivity contribution in [1.29, 1.82) is 0 Å². The fraction of sp³-hybridized carbons (Fsp3) is 0.196. The molecule has 0 aliphatic heterocycles. The molecule has 0 radical (unpaired) electrons. The summed E-state index contributed by atoms with van der Waals surface area (Å²) in [5, 5.41) is 0. The number of hydrogen-bond acceptors (Lipinski definition) is 9. The zero-order valence-corrected chi connectivity index (χ0v) is 72.0. The predicted molar refractivity (Wildman–Crippen MR) is 519 cm³/mol. The van der Waals surface area contributed by atoms with Gasteiger partial charge in [-0.25, -0.2) is 0 Å². The number of unbranched alkanes of at least 4 members (excludes halogenated alkanes) is 5. The lowest BCUT2D eigenvalue weighted by atomic mass is 9.99. The molecule has 0 N–H and O–H groups in total. The van der Waals surface area contributed by atoms with E-state index in [1.165, 1.54) is 45.7 Å². The molecule has 0 amide bonds. The molecule has 0 heterocycles. The number of anilines is 18. The Morgan fingerprint density at radius 2 is 0.521 bits per heavy atom. The fourth-order valence-electron chi connectivity index (χ4n) is 15.9. The van der Waals surface area contributed by atoms with Crippen LogP contribution in [0.1, 0.15) is 121 Å². The highest BCUT2D eigenvalue weighted by Crippen LogP contribution is 2.49. The Labute approximate surface area is 723 Å². The van der Waals surface area contributed by atoms with Gasteiger partial charge in [0.2, 0.25) is 0 Å². The molecule has 0 atom stereocenters. The highest BCUT2D eigenvalue weighted by molar-refractivity contribution is 7.99. The van der Waals surface area contributed by atoms with Crippen molar-refractivity contribution in [3.05, 3.63) is 392 Å². The van der Waals surface area contributed by atoms with Crippen molar-refractivity contribution >= 4 is 114 Å². The van der Waals surface area contributed by atoms with E-state index in [0.717, 1.165) is 200 Å². The van der Waals surface area contributed by atoms with Crippen LogP contribution in [0.5, 0.6) is 11.5 Å². The fourth-order valence-corrected chi connectivity index (χ4v) is 16.9. The van der Waals surface area contributed by atoms with E-state index < -0.39 is 0 Å². The maximum Gasteiger partial charge on any atom is 0.125 e. The minimum absolute atomic E-state index is 0.594. The SMILES string of the molecule is CCCCOc1cc(OCCCC)cc(N(c2cccc(-c3ccc(N(c4cc(CCCC)cc(CCCC)c4)c4cccc(-c5cccc(N(c6ccc(SCCCC)cc6)c6cccc(C)c6)c5)c4)cc3)c2)c2cccc(N(c3ccccc3)c3cccc(N(c4ccccc4)c4cccc(N(c5ccccc5)c5ccc(C)cc5)c4)c3)c2)c1. The second-order valence-corrected chi connectivity index (χ2v) is 32.6. The van der Waals surface area contributed by atoms with E-state index in [1.54, 1.807) is 0 Å². The predicted octanol–water partition coefficient (Wildman–Crippen LogP) is 33.4. The van der Waals surface area contributed by atoms with Crippen molar-refractivity contribution in [3.8, 4) is 33.8 Å². The molecular weight excluding hydrogens is 1490 g/mol. The molecule has 15 aromatic rings. The molecule has 9 heteroatoms. The molecule has 0 fully saturated rings. The van der Waals surface area contributed by atoms with Gasteiger partial charge in [0.05, 0.1) is 18.9 Å². The third-order valence-corrected chi connectivity index (χ3v) is 23.3. The quantitative estimate of drug-likeness (QED) is 0.0278. The van der Waals surface area contributed by atoms with Crippen LogP contribution in [0.2, 0.25) is 0 Å². The second kappa shape index (κ2) is 41.1. The van der Waals surface area contributed by atoms with Gasteiger partial charge in [0, 0.05) is 120 Å². The molecule has 0 aliphatic carbocycles. The third-order valence-electron chi connectivity index (χ3n) is 22.2. The number of ether oxygens (including phenoxy) is 2. The first-order valence-electron chi connectivity index (χ1n) is 43.7. The summed E-state index contributed by atoms with van der Waals surface area (Å²) >= 11 is 1.94. The van der Waals surface area contributed by atoms with Crippen LogP contribution >= 0.6 is 11.8 Å². The molecule has 0 spiro atoms. The van der Waals surface area contributed by atoms with Crippen LogP contribution in [0.25, 0.3) is 22.3 Å². The molecule has 0 aliphatic rings. The lowest BCUT2D eigenvalue weighted by Gasteiger charge is -2.32. The van der Waals surface area contributed by atoms with Crippen LogP contribution in [0, 0.1) is 13.8 Å². The number of hydrogen-bond donors (Lipinski definition) is 0. The number of nitrogens with zero attached hydrogens (tertiary/aromatic N) is 6. The molecule has 8 nitrogen and oxygen atoms in total. The number of benzene rings is 15. The van der Waals surface area contributed by atoms with Crippen LogP contribution < -0.4 is 38.9 Å². The topological polar surface area (TPSA) is 37.9 Å². The first kappa shape index (κ1) is 83.1. The highest BCUT2D eigenvalue weighted by atomic mass is 32.2. The summed E-state index contributed by atoms with van der Waals surface area (Å²) < 4.78 is 13.4. The largest absolute Gasteiger partial charge is 0.493 e. The molecule has 0 unspecified atom stereocenters. The summed E-state index contributed by atoms with van der Waals surface area (Å²) in [7, 11) is 0. The van der Waals surface area contributed by atoms with Gasteiger partial charge in [0.15, 0.2) is 0 Å². The molecule has 0 saturated heterocycles. The maximum absolute atomic E-state index is 6.69. The van der Waals surface area contributed by atoms with Crippen LogP contribution in [0.15, 0.2) is 375 Å². The Bertz CT molecular complexity index is 5770. The summed E-state index contributed by atoms with van der Waals surface area (Å²) in [6.07, 6.45) is 12.9. The van der Waals surface area contributed by atoms with Gasteiger partial charge in [0.1, 0.15) is 11.5 Å². The normalized spacial score (nSPS) is 11.1. The summed E-state index contributed by atoms with van der Waals surface area (Å²) in [6.45, 7) is 16.8. The van der Waals surface area contributed by atoms with Crippen LogP contribution in [0.4, 0.5) is 102 Å². The molecular formula is C112H112N6O2S. The summed E-state index contributed by atoms with van der Waals surface area (Å²) in [5.41, 5.74) is 28.5. The first-order chi connectivity index (χ1) is 59.6. The zero-order chi connectivity index (χ0) is 83.1. The molecule has 121 heavy (non-hydrogen) atoms. The van der Waals surface area contributed by atoms with Crippen molar-refractivity contribution in [2.45, 2.75) is 130 Å². The molecule has 608 valence electrons. The van der Waals surface area contributed by atoms with E-state index in [2.05, 4.69) is 448 Å². The standard InChI is InChI=1S/C112H112N6O2S/c1-8-13-35-86-72-87(36-14-9-2)74-108(73-86)117(100-48-30-39-91(77-100)90-38-29-47-99(76-90)116(98-46-27-34-85(7)71-98)97-64-66-112(67-65-97)121-70-17-12-5)96-62-58-88(59-63-96)89-37-28-49-101(75-89)118(109-81-110(119-68-15-10-3)83-111(82-109)120-69-16-11-4)107-55-33-54-106(80-107)115(94-44-25-20-26-45-94)105-53-32-52-104(79-105)114(93-42-23-19-24-43-93)103-51-31-50-102(78-103)113(92-40-21-18-22-41-92)95-60-56-84(6)57-61-95/h18-34,37-67,71-83H,8-17,35-36,68-70H2,1-7H3. The van der Waals surface area contributed by atoms with Crippen molar-refractivity contribution in [1.82, 2.24) is 0 Å². The highest BCUT2D eigenvalue weighted by Gasteiger charge is 2.25. The smallest absolute Gasteiger partial charge is 0.125 e. The van der Waals surface area contributed by atoms with Crippen LogP contribution in [-0.4, -0.2) is 19.0 Å². The first-order valence-corrected chi connectivity index (χ1v) is 44.6. The monoisotopic (exact) mass is 1600 g/mol. The van der Waals surface area contributed by atoms with Crippen LogP contribution in [-0.2, 0) is 12.8 Å². The van der Waals surface area contributed by atoms with Gasteiger partial charge in [-0.1, -0.05) is 224 Å². The van der Waals surface area contributed by atoms with Crippen molar-refractivity contribution in [2.24, 2.45) is 0 Å². The summed E-state index contributed by atoms with van der Waals surface area (Å²) in [5.74, 6) is 2.65. The van der Waals surface area contributed by atoms with Gasteiger partial charge in [-0.3, -0.25) is 0 Å². The number of para-hydroxylation sites is 3. The minimum atomic E-state index is 0.594. The lowest BCUT2D eigenvalue weighted by Crippen LogP contribution is -2.15. The average Bonchev–Trinajstić information content (AvgIpc) is 0.780. The van der Waals surface area contributed by atoms with Gasteiger partial charge >= 0.3 is 0 Å². The zero-order valence-electron chi connectivity index (χ0n) is 71.2. The van der Waals surface area contributed by atoms with Gasteiger partial charge in [-0.05, 0) is 304 Å². The van der Waals surface area contributed by atoms with Crippen molar-refractivity contribution in [2.75, 3.05) is 48.4 Å². The summed E-state index contributed by atoms with van der Waals surface area (Å²) in [4.78, 5) is 15.6. The maximum atomic E-state index is 6.69. The van der Waals surface area contributed by atoms with E-state index >= 15 is 0 Å². The minimum Gasteiger partial charge on any atom is -0.493 e. The van der Waals surface area contributed by atoms with Crippen LogP contribution in [0.3, 0.4) is 0 Å². The van der Waals surface area contributed by atoms with E-state index in [9.17, 15) is 0 Å². The molecule has 15 aromatic carbocycles. The lowest BCUT2D eigenvalue weighted by molar-refractivity contribution is 0.294. The molecule has 0 bridgehead atoms. The van der Waals surface area contributed by atoms with Crippen molar-refractivity contribution < 1.29 is 9.47 Å². The Hall–Kier alpha value is -13.0. The third kappa shape index (κ3) is 20.8. The Kier molecular flexibility index (Phi) is 28.3. The van der Waals surface area contributed by atoms with Gasteiger partial charge < -0.3 is 38.9 Å². The van der Waals surface area contributed by atoms with E-state index in [4.69, 9.17) is 9.47 Å². The number of rotatable bonds is 38. The Balaban J connectivity index is 0.820. The Morgan fingerprint density at radius 1 is 0.215 bits per heavy atom. The molecule has 0 aromatic heterocycles. The Morgan fingerprint density at radius 3 is 0.917 bits per heavy atom. The average molecular weight is 1610 g/mol.